The molecule has 15 heavy (non-hydrogen) atoms. The van der Waals surface area contributed by atoms with Crippen LogP contribution >= 0.6 is 0 Å². The summed E-state index contributed by atoms with van der Waals surface area (Å²) >= 11 is 0. The number of rotatable bonds is 1. The highest BCUT2D eigenvalue weighted by molar-refractivity contribution is 6.08. The predicted molar refractivity (Wildman–Crippen MR) is 52.8 cm³/mol. The van der Waals surface area contributed by atoms with Crippen molar-refractivity contribution < 1.29 is 15.1 Å². The van der Waals surface area contributed by atoms with E-state index >= 15 is 0 Å². The summed E-state index contributed by atoms with van der Waals surface area (Å²) in [5.41, 5.74) is -0.258. The molecule has 0 radical (unpaired) electrons. The molecule has 4 heteroatoms. The Bertz CT molecular complexity index is 336. The van der Waals surface area contributed by atoms with Gasteiger partial charge in [-0.1, -0.05) is 5.16 Å². The molecule has 4 nitrogen and oxygen atoms in total. The number of carboxylic acids is 1. The van der Waals surface area contributed by atoms with E-state index in [0.717, 1.165) is 12.8 Å². The topological polar surface area (TPSA) is 69.9 Å². The van der Waals surface area contributed by atoms with Crippen LogP contribution in [0.2, 0.25) is 0 Å². The minimum atomic E-state index is -0.816. The van der Waals surface area contributed by atoms with Crippen LogP contribution in [0.3, 0.4) is 0 Å². The third-order valence-electron chi connectivity index (χ3n) is 4.57. The van der Waals surface area contributed by atoms with Gasteiger partial charge in [-0.05, 0) is 43.9 Å². The Hall–Kier alpha value is -1.06. The molecule has 82 valence electrons. The lowest BCUT2D eigenvalue weighted by Gasteiger charge is -2.54. The molecule has 0 spiro atoms. The fourth-order valence-electron chi connectivity index (χ4n) is 4.25. The van der Waals surface area contributed by atoms with E-state index in [9.17, 15) is 9.90 Å². The smallest absolute Gasteiger partial charge is 0.315 e. The summed E-state index contributed by atoms with van der Waals surface area (Å²) in [6, 6.07) is 0. The Morgan fingerprint density at radius 3 is 2.33 bits per heavy atom. The van der Waals surface area contributed by atoms with Gasteiger partial charge in [0.05, 0.1) is 5.71 Å². The molecule has 0 saturated heterocycles. The van der Waals surface area contributed by atoms with E-state index in [-0.39, 0.29) is 5.92 Å². The Balaban J connectivity index is 2.08. The van der Waals surface area contributed by atoms with Gasteiger partial charge in [-0.25, -0.2) is 0 Å². The van der Waals surface area contributed by atoms with Crippen molar-refractivity contribution in [2.24, 2.45) is 28.3 Å². The van der Waals surface area contributed by atoms with Gasteiger partial charge in [-0.3, -0.25) is 4.79 Å². The molecule has 0 heterocycles. The average molecular weight is 209 g/mol. The van der Waals surface area contributed by atoms with Gasteiger partial charge in [-0.15, -0.1) is 0 Å². The van der Waals surface area contributed by atoms with Crippen LogP contribution < -0.4 is 0 Å². The van der Waals surface area contributed by atoms with Crippen molar-refractivity contribution >= 4 is 11.7 Å². The van der Waals surface area contributed by atoms with E-state index < -0.39 is 11.4 Å². The monoisotopic (exact) mass is 209 g/mol. The zero-order valence-electron chi connectivity index (χ0n) is 8.52. The molecule has 4 rings (SSSR count). The number of carboxylic acid groups (broad SMARTS) is 1. The third kappa shape index (κ3) is 1.02. The molecule has 0 amide bonds. The first-order chi connectivity index (χ1) is 7.15. The van der Waals surface area contributed by atoms with Gasteiger partial charge in [0, 0.05) is 5.92 Å². The maximum absolute atomic E-state index is 11.4. The third-order valence-corrected chi connectivity index (χ3v) is 4.57. The summed E-state index contributed by atoms with van der Waals surface area (Å²) in [4.78, 5) is 11.4. The van der Waals surface area contributed by atoms with E-state index in [2.05, 4.69) is 5.16 Å². The van der Waals surface area contributed by atoms with Crippen LogP contribution in [0.25, 0.3) is 0 Å². The number of aliphatic carboxylic acids is 1. The lowest BCUT2D eigenvalue weighted by Crippen LogP contribution is -2.57. The number of carbonyl (C=O) groups is 1. The Morgan fingerprint density at radius 1 is 1.27 bits per heavy atom. The molecule has 4 bridgehead atoms. The van der Waals surface area contributed by atoms with E-state index in [1.807, 2.05) is 0 Å². The molecule has 4 saturated carbocycles. The van der Waals surface area contributed by atoms with Crippen LogP contribution in [-0.4, -0.2) is 22.0 Å². The number of hydrogen-bond acceptors (Lipinski definition) is 3. The maximum Gasteiger partial charge on any atom is 0.315 e. The van der Waals surface area contributed by atoms with Crippen LogP contribution in [0.1, 0.15) is 32.1 Å². The SMILES string of the molecule is O=C(O)C12CC3CC(CC(C3)C1=NO)C2. The van der Waals surface area contributed by atoms with Gasteiger partial charge in [0.2, 0.25) is 0 Å². The van der Waals surface area contributed by atoms with Gasteiger partial charge in [0.25, 0.3) is 0 Å². The van der Waals surface area contributed by atoms with Gasteiger partial charge in [-0.2, -0.15) is 0 Å². The van der Waals surface area contributed by atoms with Crippen molar-refractivity contribution in [1.29, 1.82) is 0 Å². The normalized spacial score (nSPS) is 49.9. The minimum absolute atomic E-state index is 0.234. The molecule has 0 aromatic heterocycles. The van der Waals surface area contributed by atoms with Crippen molar-refractivity contribution in [3.63, 3.8) is 0 Å². The second kappa shape index (κ2) is 2.74. The quantitative estimate of drug-likeness (QED) is 0.510. The highest BCUT2D eigenvalue weighted by Crippen LogP contribution is 2.58. The van der Waals surface area contributed by atoms with Crippen LogP contribution in [0.4, 0.5) is 0 Å². The van der Waals surface area contributed by atoms with Gasteiger partial charge in [0.1, 0.15) is 5.41 Å². The molecule has 0 aromatic carbocycles. The summed E-state index contributed by atoms with van der Waals surface area (Å²) in [7, 11) is 0. The minimum Gasteiger partial charge on any atom is -0.481 e. The first-order valence-corrected chi connectivity index (χ1v) is 5.61. The van der Waals surface area contributed by atoms with E-state index in [1.54, 1.807) is 0 Å². The molecule has 0 aliphatic heterocycles. The summed E-state index contributed by atoms with van der Waals surface area (Å²) in [6.07, 6.45) is 4.63. The van der Waals surface area contributed by atoms with Crippen molar-refractivity contribution in [2.45, 2.75) is 32.1 Å². The van der Waals surface area contributed by atoms with Gasteiger partial charge >= 0.3 is 5.97 Å². The molecule has 4 fully saturated rings. The standard InChI is InChI=1S/C11H15NO3/c13-10(14)11-4-6-1-7(5-11)3-8(2-6)9(11)12-15/h6-8,15H,1-5H2,(H,13,14). The van der Waals surface area contributed by atoms with Crippen molar-refractivity contribution in [2.75, 3.05) is 0 Å². The van der Waals surface area contributed by atoms with Crippen LogP contribution in [0.15, 0.2) is 5.16 Å². The maximum atomic E-state index is 11.4. The number of nitrogens with zero attached hydrogens (tertiary/aromatic N) is 1. The zero-order chi connectivity index (χ0) is 10.6. The predicted octanol–water partition coefficient (Wildman–Crippen LogP) is 1.73. The fourth-order valence-corrected chi connectivity index (χ4v) is 4.25. The molecule has 4 aliphatic rings. The van der Waals surface area contributed by atoms with Crippen molar-refractivity contribution in [3.8, 4) is 0 Å². The average Bonchev–Trinajstić information content (AvgIpc) is 2.16. The zero-order valence-corrected chi connectivity index (χ0v) is 8.52. The molecule has 2 atom stereocenters. The molecular weight excluding hydrogens is 194 g/mol. The van der Waals surface area contributed by atoms with Crippen molar-refractivity contribution in [1.82, 2.24) is 0 Å². The summed E-state index contributed by atoms with van der Waals surface area (Å²) in [5.74, 6) is 0.542. The van der Waals surface area contributed by atoms with E-state index in [1.165, 1.54) is 6.42 Å². The number of hydrogen-bond donors (Lipinski definition) is 2. The van der Waals surface area contributed by atoms with Crippen LogP contribution in [-0.2, 0) is 4.79 Å². The second-order valence-corrected chi connectivity index (χ2v) is 5.42. The van der Waals surface area contributed by atoms with Crippen molar-refractivity contribution in [3.05, 3.63) is 0 Å². The second-order valence-electron chi connectivity index (χ2n) is 5.42. The van der Waals surface area contributed by atoms with Gasteiger partial charge in [0.15, 0.2) is 0 Å². The first-order valence-electron chi connectivity index (χ1n) is 5.61. The highest BCUT2D eigenvalue weighted by Gasteiger charge is 2.59. The van der Waals surface area contributed by atoms with E-state index in [0.29, 0.717) is 30.4 Å². The number of oxime groups is 1. The first kappa shape index (κ1) is 9.19. The molecule has 4 aliphatic carbocycles. The lowest BCUT2D eigenvalue weighted by molar-refractivity contribution is -0.151. The molecule has 0 aromatic rings. The highest BCUT2D eigenvalue weighted by atomic mass is 16.4. The summed E-state index contributed by atoms with van der Waals surface area (Å²) in [5, 5.41) is 21.7. The molecular formula is C11H15NO3. The Labute approximate surface area is 88.0 Å². The van der Waals surface area contributed by atoms with E-state index in [4.69, 9.17) is 5.21 Å². The van der Waals surface area contributed by atoms with Crippen LogP contribution in [0.5, 0.6) is 0 Å². The largest absolute Gasteiger partial charge is 0.481 e. The Kier molecular flexibility index (Phi) is 1.68. The summed E-state index contributed by atoms with van der Waals surface area (Å²) < 4.78 is 0. The lowest BCUT2D eigenvalue weighted by atomic mass is 9.48. The molecule has 2 unspecified atom stereocenters. The van der Waals surface area contributed by atoms with Gasteiger partial charge < -0.3 is 10.3 Å². The molecule has 2 N–H and O–H groups in total. The summed E-state index contributed by atoms with van der Waals surface area (Å²) in [6.45, 7) is 0. The Morgan fingerprint density at radius 2 is 1.87 bits per heavy atom. The fraction of sp³-hybridized carbons (Fsp3) is 0.818. The van der Waals surface area contributed by atoms with Crippen LogP contribution in [0, 0.1) is 23.2 Å².